The van der Waals surface area contributed by atoms with Crippen molar-refractivity contribution in [3.8, 4) is 11.5 Å². The minimum absolute atomic E-state index is 0.707. The van der Waals surface area contributed by atoms with Gasteiger partial charge in [0.05, 0.1) is 13.2 Å². The van der Waals surface area contributed by atoms with Crippen LogP contribution in [0.2, 0.25) is 0 Å². The molecule has 0 fully saturated rings. The van der Waals surface area contributed by atoms with Crippen molar-refractivity contribution >= 4 is 50.5 Å². The SMILES string of the molecule is Cc1c(CS)c(C)c(OCCCCCOc2c(C)c(CS)c(C)c(CS)c2C)c(C)c1CS. The third-order valence-corrected chi connectivity index (χ3v) is 8.16. The van der Waals surface area contributed by atoms with Crippen LogP contribution in [0.1, 0.15) is 74.9 Å². The van der Waals surface area contributed by atoms with E-state index in [2.05, 4.69) is 92.1 Å². The van der Waals surface area contributed by atoms with Gasteiger partial charge in [-0.2, -0.15) is 50.5 Å². The number of hydrogen-bond donors (Lipinski definition) is 4. The number of ether oxygens (including phenoxy) is 2. The quantitative estimate of drug-likeness (QED) is 0.167. The van der Waals surface area contributed by atoms with Crippen molar-refractivity contribution in [2.24, 2.45) is 0 Å². The fourth-order valence-electron chi connectivity index (χ4n) is 4.71. The second-order valence-electron chi connectivity index (χ2n) is 8.71. The average Bonchev–Trinajstić information content (AvgIpc) is 2.78. The van der Waals surface area contributed by atoms with Crippen LogP contribution in [0.25, 0.3) is 0 Å². The highest BCUT2D eigenvalue weighted by Crippen LogP contribution is 2.36. The van der Waals surface area contributed by atoms with Gasteiger partial charge in [-0.15, -0.1) is 0 Å². The zero-order valence-corrected chi connectivity index (χ0v) is 24.5. The third-order valence-electron chi connectivity index (χ3n) is 6.90. The molecule has 0 saturated heterocycles. The molecule has 2 aromatic rings. The highest BCUT2D eigenvalue weighted by molar-refractivity contribution is 7.79. The van der Waals surface area contributed by atoms with Gasteiger partial charge in [-0.25, -0.2) is 0 Å². The summed E-state index contributed by atoms with van der Waals surface area (Å²) in [6.45, 7) is 14.3. The number of benzene rings is 2. The van der Waals surface area contributed by atoms with E-state index in [-0.39, 0.29) is 0 Å². The maximum Gasteiger partial charge on any atom is 0.125 e. The molecule has 0 saturated carbocycles. The number of unbranched alkanes of at least 4 members (excludes halogenated alkanes) is 2. The summed E-state index contributed by atoms with van der Waals surface area (Å²) in [5.41, 5.74) is 12.5. The first-order valence-electron chi connectivity index (χ1n) is 11.7. The molecule has 0 unspecified atom stereocenters. The van der Waals surface area contributed by atoms with E-state index >= 15 is 0 Å². The van der Waals surface area contributed by atoms with E-state index in [1.54, 1.807) is 0 Å². The molecular weight excluding hydrogens is 485 g/mol. The van der Waals surface area contributed by atoms with Gasteiger partial charge in [0.2, 0.25) is 0 Å². The van der Waals surface area contributed by atoms with Gasteiger partial charge in [-0.3, -0.25) is 0 Å². The van der Waals surface area contributed by atoms with E-state index in [1.807, 2.05) is 0 Å². The predicted molar refractivity (Wildman–Crippen MR) is 157 cm³/mol. The Kier molecular flexibility index (Phi) is 11.7. The highest BCUT2D eigenvalue weighted by atomic mass is 32.1. The van der Waals surface area contributed by atoms with Crippen LogP contribution < -0.4 is 9.47 Å². The van der Waals surface area contributed by atoms with Gasteiger partial charge in [0.1, 0.15) is 11.5 Å². The van der Waals surface area contributed by atoms with Crippen LogP contribution in [0.4, 0.5) is 0 Å². The van der Waals surface area contributed by atoms with Crippen molar-refractivity contribution in [2.45, 2.75) is 83.8 Å². The van der Waals surface area contributed by atoms with Gasteiger partial charge in [0.15, 0.2) is 0 Å². The van der Waals surface area contributed by atoms with Crippen LogP contribution >= 0.6 is 50.5 Å². The first-order valence-corrected chi connectivity index (χ1v) is 14.2. The van der Waals surface area contributed by atoms with Crippen molar-refractivity contribution < 1.29 is 9.47 Å². The van der Waals surface area contributed by atoms with E-state index < -0.39 is 0 Å². The van der Waals surface area contributed by atoms with E-state index in [9.17, 15) is 0 Å². The summed E-state index contributed by atoms with van der Waals surface area (Å²) in [6, 6.07) is 0. The first-order chi connectivity index (χ1) is 15.7. The smallest absolute Gasteiger partial charge is 0.125 e. The zero-order valence-electron chi connectivity index (χ0n) is 21.0. The summed E-state index contributed by atoms with van der Waals surface area (Å²) in [5, 5.41) is 0. The Morgan fingerprint density at radius 3 is 0.939 bits per heavy atom. The molecule has 0 aliphatic heterocycles. The predicted octanol–water partition coefficient (Wildman–Crippen LogP) is 7.88. The van der Waals surface area contributed by atoms with Crippen LogP contribution in [-0.4, -0.2) is 13.2 Å². The molecule has 0 amide bonds. The summed E-state index contributed by atoms with van der Waals surface area (Å²) in [7, 11) is 0. The van der Waals surface area contributed by atoms with Gasteiger partial charge < -0.3 is 9.47 Å². The van der Waals surface area contributed by atoms with Crippen LogP contribution in [-0.2, 0) is 23.0 Å². The Morgan fingerprint density at radius 2 is 0.697 bits per heavy atom. The lowest BCUT2D eigenvalue weighted by Crippen LogP contribution is -2.08. The lowest BCUT2D eigenvalue weighted by atomic mass is 9.94. The maximum absolute atomic E-state index is 6.26. The summed E-state index contributed by atoms with van der Waals surface area (Å²) < 4.78 is 12.5. The second-order valence-corrected chi connectivity index (χ2v) is 9.98. The minimum atomic E-state index is 0.707. The number of hydrogen-bond acceptors (Lipinski definition) is 6. The Balaban J connectivity index is 1.94. The van der Waals surface area contributed by atoms with Crippen molar-refractivity contribution in [3.05, 3.63) is 55.6 Å². The lowest BCUT2D eigenvalue weighted by Gasteiger charge is -2.21. The van der Waals surface area contributed by atoms with E-state index in [4.69, 9.17) is 9.47 Å². The second kappa shape index (κ2) is 13.5. The van der Waals surface area contributed by atoms with E-state index in [1.165, 1.54) is 55.6 Å². The van der Waals surface area contributed by atoms with Crippen LogP contribution in [0, 0.1) is 41.5 Å². The largest absolute Gasteiger partial charge is 0.493 e. The molecule has 0 radical (unpaired) electrons. The van der Waals surface area contributed by atoms with Gasteiger partial charge in [-0.1, -0.05) is 0 Å². The molecular formula is C27H40O2S4. The molecule has 0 aliphatic carbocycles. The van der Waals surface area contributed by atoms with Crippen molar-refractivity contribution in [2.75, 3.05) is 13.2 Å². The van der Waals surface area contributed by atoms with Crippen LogP contribution in [0.15, 0.2) is 0 Å². The molecule has 0 bridgehead atoms. The average molecular weight is 525 g/mol. The van der Waals surface area contributed by atoms with Crippen LogP contribution in [0.3, 0.4) is 0 Å². The maximum atomic E-state index is 6.26. The van der Waals surface area contributed by atoms with Gasteiger partial charge >= 0.3 is 0 Å². The zero-order chi connectivity index (χ0) is 24.7. The molecule has 2 aromatic carbocycles. The standard InChI is InChI=1S/C27H40O2S4/c1-16-22(12-30)18(3)26(19(4)23(16)13-31)28-10-8-7-9-11-29-27-20(5)24(14-32)17(2)25(15-33)21(27)6/h30-33H,7-15H2,1-6H3. The molecule has 2 nitrogen and oxygen atoms in total. The fraction of sp³-hybridized carbons (Fsp3) is 0.556. The molecule has 33 heavy (non-hydrogen) atoms. The molecule has 0 N–H and O–H groups in total. The van der Waals surface area contributed by atoms with Crippen molar-refractivity contribution in [3.63, 3.8) is 0 Å². The number of thiol groups is 4. The third kappa shape index (κ3) is 6.36. The molecule has 0 aromatic heterocycles. The first kappa shape index (κ1) is 28.7. The molecule has 0 aliphatic rings. The highest BCUT2D eigenvalue weighted by Gasteiger charge is 2.18. The Bertz CT molecular complexity index is 830. The summed E-state index contributed by atoms with van der Waals surface area (Å²) in [6.07, 6.45) is 3.06. The van der Waals surface area contributed by atoms with Gasteiger partial charge in [-0.05, 0) is 116 Å². The van der Waals surface area contributed by atoms with Crippen molar-refractivity contribution in [1.29, 1.82) is 0 Å². The summed E-state index contributed by atoms with van der Waals surface area (Å²) in [5.74, 6) is 4.88. The summed E-state index contributed by atoms with van der Waals surface area (Å²) in [4.78, 5) is 0. The van der Waals surface area contributed by atoms with Crippen LogP contribution in [0.5, 0.6) is 11.5 Å². The van der Waals surface area contributed by atoms with Gasteiger partial charge in [0, 0.05) is 23.0 Å². The molecule has 0 atom stereocenters. The Labute approximate surface area is 223 Å². The molecule has 0 spiro atoms. The molecule has 6 heteroatoms. The Morgan fingerprint density at radius 1 is 0.424 bits per heavy atom. The van der Waals surface area contributed by atoms with E-state index in [0.717, 1.165) is 30.8 Å². The molecule has 0 heterocycles. The molecule has 184 valence electrons. The fourth-order valence-corrected chi connectivity index (χ4v) is 6.61. The van der Waals surface area contributed by atoms with E-state index in [0.29, 0.717) is 36.2 Å². The lowest BCUT2D eigenvalue weighted by molar-refractivity contribution is 0.275. The normalized spacial score (nSPS) is 11.2. The van der Waals surface area contributed by atoms with Gasteiger partial charge in [0.25, 0.3) is 0 Å². The minimum Gasteiger partial charge on any atom is -0.493 e. The molecule has 2 rings (SSSR count). The monoisotopic (exact) mass is 524 g/mol. The Hall–Kier alpha value is -0.560. The van der Waals surface area contributed by atoms with Crippen molar-refractivity contribution in [1.82, 2.24) is 0 Å². The number of rotatable bonds is 12. The topological polar surface area (TPSA) is 18.5 Å². The summed E-state index contributed by atoms with van der Waals surface area (Å²) >= 11 is 18.1.